The molecule has 2 nitrogen and oxygen atoms in total. The summed E-state index contributed by atoms with van der Waals surface area (Å²) >= 11 is 0. The number of nitrogens with zero attached hydrogens (tertiary/aromatic N) is 1. The molecule has 0 heterocycles. The van der Waals surface area contributed by atoms with Crippen LogP contribution in [0.1, 0.15) is 86.0 Å². The van der Waals surface area contributed by atoms with Crippen molar-refractivity contribution in [2.75, 3.05) is 13.1 Å². The fourth-order valence-corrected chi connectivity index (χ4v) is 4.33. The highest BCUT2D eigenvalue weighted by Gasteiger charge is 2.39. The topological polar surface area (TPSA) is 29.3 Å². The predicted octanol–water partition coefficient (Wildman–Crippen LogP) is 4.82. The summed E-state index contributed by atoms with van der Waals surface area (Å²) in [5, 5.41) is 0. The van der Waals surface area contributed by atoms with Crippen molar-refractivity contribution in [3.63, 3.8) is 0 Å². The van der Waals surface area contributed by atoms with E-state index in [1.165, 1.54) is 57.9 Å². The molecule has 2 atom stereocenters. The summed E-state index contributed by atoms with van der Waals surface area (Å²) in [5.41, 5.74) is 6.65. The van der Waals surface area contributed by atoms with Gasteiger partial charge in [0.25, 0.3) is 0 Å². The first-order valence-corrected chi connectivity index (χ1v) is 9.49. The molecular formula is C19H40N2. The lowest BCUT2D eigenvalue weighted by atomic mass is 9.84. The Hall–Kier alpha value is -0.0800. The summed E-state index contributed by atoms with van der Waals surface area (Å²) in [4.78, 5) is 2.83. The second-order valence-corrected chi connectivity index (χ2v) is 7.65. The molecule has 1 fully saturated rings. The Labute approximate surface area is 133 Å². The molecule has 21 heavy (non-hydrogen) atoms. The Morgan fingerprint density at radius 3 is 2.24 bits per heavy atom. The van der Waals surface area contributed by atoms with Crippen LogP contribution in [-0.2, 0) is 0 Å². The predicted molar refractivity (Wildman–Crippen MR) is 94.6 cm³/mol. The van der Waals surface area contributed by atoms with Crippen molar-refractivity contribution >= 4 is 0 Å². The van der Waals surface area contributed by atoms with Gasteiger partial charge >= 0.3 is 0 Å². The van der Waals surface area contributed by atoms with Crippen LogP contribution >= 0.6 is 0 Å². The number of nitrogens with two attached hydrogens (primary N) is 1. The molecule has 0 bridgehead atoms. The molecule has 0 spiro atoms. The highest BCUT2D eigenvalue weighted by atomic mass is 15.2. The first-order valence-electron chi connectivity index (χ1n) is 9.49. The average Bonchev–Trinajstić information content (AvgIpc) is 2.70. The van der Waals surface area contributed by atoms with Crippen molar-refractivity contribution in [1.29, 1.82) is 0 Å². The third-order valence-corrected chi connectivity index (χ3v) is 5.78. The molecule has 2 heteroatoms. The van der Waals surface area contributed by atoms with Crippen molar-refractivity contribution in [2.24, 2.45) is 17.6 Å². The van der Waals surface area contributed by atoms with Crippen LogP contribution in [-0.4, -0.2) is 29.6 Å². The van der Waals surface area contributed by atoms with Crippen LogP contribution in [0.15, 0.2) is 0 Å². The molecule has 0 aliphatic heterocycles. The third kappa shape index (κ3) is 4.96. The minimum absolute atomic E-state index is 0.269. The van der Waals surface area contributed by atoms with Gasteiger partial charge in [-0.3, -0.25) is 4.90 Å². The van der Waals surface area contributed by atoms with Crippen molar-refractivity contribution in [3.05, 3.63) is 0 Å². The lowest BCUT2D eigenvalue weighted by Gasteiger charge is -2.48. The van der Waals surface area contributed by atoms with E-state index in [-0.39, 0.29) is 5.54 Å². The van der Waals surface area contributed by atoms with Crippen molar-refractivity contribution < 1.29 is 0 Å². The summed E-state index contributed by atoms with van der Waals surface area (Å²) in [7, 11) is 0. The Morgan fingerprint density at radius 2 is 1.76 bits per heavy atom. The standard InChI is InChI=1S/C19H40N2/c1-6-17-10-9-12-19(15-20,13-11-17)21(14-16(4)5)18(7-2)8-3/h16-18H,6-15,20H2,1-5H3. The monoisotopic (exact) mass is 296 g/mol. The Bertz CT molecular complexity index is 273. The van der Waals surface area contributed by atoms with E-state index < -0.39 is 0 Å². The molecule has 1 rings (SSSR count). The molecule has 1 saturated carbocycles. The quantitative estimate of drug-likeness (QED) is 0.651. The smallest absolute Gasteiger partial charge is 0.0334 e. The molecule has 2 unspecified atom stereocenters. The van der Waals surface area contributed by atoms with Crippen molar-refractivity contribution in [3.8, 4) is 0 Å². The lowest BCUT2D eigenvalue weighted by Crippen LogP contribution is -2.58. The van der Waals surface area contributed by atoms with Crippen LogP contribution in [0.4, 0.5) is 0 Å². The second kappa shape index (κ2) is 9.15. The second-order valence-electron chi connectivity index (χ2n) is 7.65. The van der Waals surface area contributed by atoms with Gasteiger partial charge in [-0.1, -0.05) is 53.9 Å². The Kier molecular flexibility index (Phi) is 8.26. The summed E-state index contributed by atoms with van der Waals surface area (Å²) in [5.74, 6) is 1.65. The number of hydrogen-bond donors (Lipinski definition) is 1. The van der Waals surface area contributed by atoms with Gasteiger partial charge in [-0.2, -0.15) is 0 Å². The van der Waals surface area contributed by atoms with Gasteiger partial charge in [0.15, 0.2) is 0 Å². The Balaban J connectivity index is 2.97. The molecule has 0 amide bonds. The zero-order valence-electron chi connectivity index (χ0n) is 15.3. The van der Waals surface area contributed by atoms with E-state index in [1.807, 2.05) is 0 Å². The molecular weight excluding hydrogens is 256 g/mol. The van der Waals surface area contributed by atoms with Crippen LogP contribution in [0.25, 0.3) is 0 Å². The van der Waals surface area contributed by atoms with Crippen LogP contribution in [0.3, 0.4) is 0 Å². The molecule has 1 aliphatic carbocycles. The first-order chi connectivity index (χ1) is 10.0. The van der Waals surface area contributed by atoms with Crippen LogP contribution in [0.2, 0.25) is 0 Å². The average molecular weight is 297 g/mol. The normalized spacial score (nSPS) is 27.6. The number of rotatable bonds is 8. The third-order valence-electron chi connectivity index (χ3n) is 5.78. The molecule has 126 valence electrons. The van der Waals surface area contributed by atoms with E-state index in [4.69, 9.17) is 5.73 Å². The van der Waals surface area contributed by atoms with Gasteiger partial charge in [-0.15, -0.1) is 0 Å². The van der Waals surface area contributed by atoms with Crippen LogP contribution < -0.4 is 5.73 Å². The van der Waals surface area contributed by atoms with E-state index >= 15 is 0 Å². The largest absolute Gasteiger partial charge is 0.329 e. The molecule has 1 aliphatic rings. The summed E-state index contributed by atoms with van der Waals surface area (Å²) in [6, 6.07) is 0.703. The summed E-state index contributed by atoms with van der Waals surface area (Å²) < 4.78 is 0. The lowest BCUT2D eigenvalue weighted by molar-refractivity contribution is 0.0196. The zero-order valence-corrected chi connectivity index (χ0v) is 15.3. The van der Waals surface area contributed by atoms with Crippen LogP contribution in [0, 0.1) is 11.8 Å². The Morgan fingerprint density at radius 1 is 1.10 bits per heavy atom. The van der Waals surface area contributed by atoms with Gasteiger partial charge in [-0.05, 0) is 43.9 Å². The molecule has 0 aromatic heterocycles. The molecule has 0 aromatic carbocycles. The first kappa shape index (κ1) is 19.0. The van der Waals surface area contributed by atoms with Crippen molar-refractivity contribution in [2.45, 2.75) is 97.6 Å². The molecule has 2 N–H and O–H groups in total. The highest BCUT2D eigenvalue weighted by Crippen LogP contribution is 2.37. The minimum Gasteiger partial charge on any atom is -0.329 e. The summed E-state index contributed by atoms with van der Waals surface area (Å²) in [6.07, 6.45) is 10.6. The SMILES string of the molecule is CCC1CCCC(CN)(N(CC(C)C)C(CC)CC)CC1. The van der Waals surface area contributed by atoms with E-state index in [2.05, 4.69) is 39.5 Å². The van der Waals surface area contributed by atoms with E-state index in [9.17, 15) is 0 Å². The zero-order chi connectivity index (χ0) is 15.9. The minimum atomic E-state index is 0.269. The van der Waals surface area contributed by atoms with Gasteiger partial charge in [0.1, 0.15) is 0 Å². The fraction of sp³-hybridized carbons (Fsp3) is 1.00. The maximum absolute atomic E-state index is 6.38. The van der Waals surface area contributed by atoms with Gasteiger partial charge in [-0.25, -0.2) is 0 Å². The molecule has 0 radical (unpaired) electrons. The van der Waals surface area contributed by atoms with Gasteiger partial charge in [0.2, 0.25) is 0 Å². The summed E-state index contributed by atoms with van der Waals surface area (Å²) in [6.45, 7) is 13.8. The fourth-order valence-electron chi connectivity index (χ4n) is 4.33. The van der Waals surface area contributed by atoms with E-state index in [0.29, 0.717) is 6.04 Å². The highest BCUT2D eigenvalue weighted by molar-refractivity contribution is 4.97. The van der Waals surface area contributed by atoms with Crippen molar-refractivity contribution in [1.82, 2.24) is 4.90 Å². The van der Waals surface area contributed by atoms with Gasteiger partial charge in [0.05, 0.1) is 0 Å². The maximum atomic E-state index is 6.38. The number of hydrogen-bond acceptors (Lipinski definition) is 2. The molecule has 0 aromatic rings. The van der Waals surface area contributed by atoms with E-state index in [1.54, 1.807) is 0 Å². The van der Waals surface area contributed by atoms with Gasteiger partial charge < -0.3 is 5.73 Å². The molecule has 0 saturated heterocycles. The van der Waals surface area contributed by atoms with Gasteiger partial charge in [0, 0.05) is 24.7 Å². The van der Waals surface area contributed by atoms with E-state index in [0.717, 1.165) is 18.4 Å². The van der Waals surface area contributed by atoms with Crippen LogP contribution in [0.5, 0.6) is 0 Å². The maximum Gasteiger partial charge on any atom is 0.0334 e.